The highest BCUT2D eigenvalue weighted by molar-refractivity contribution is 4.84. The van der Waals surface area contributed by atoms with Crippen LogP contribution in [-0.4, -0.2) is 36.0 Å². The molecule has 0 radical (unpaired) electrons. The molecule has 2 fully saturated rings. The van der Waals surface area contributed by atoms with E-state index < -0.39 is 0 Å². The molecular weight excluding hydrogens is 214 g/mol. The largest absolute Gasteiger partial charge is 0.393 e. The predicted octanol–water partition coefficient (Wildman–Crippen LogP) is 2.08. The maximum Gasteiger partial charge on any atom is 0.0612 e. The molecule has 2 atom stereocenters. The van der Waals surface area contributed by atoms with Crippen LogP contribution in [0.4, 0.5) is 0 Å². The average molecular weight is 241 g/mol. The summed E-state index contributed by atoms with van der Waals surface area (Å²) in [5, 5.41) is 13.3. The van der Waals surface area contributed by atoms with Crippen molar-refractivity contribution in [3.05, 3.63) is 0 Å². The minimum atomic E-state index is -0.0499. The van der Waals surface area contributed by atoms with Crippen molar-refractivity contribution in [1.29, 1.82) is 0 Å². The summed E-state index contributed by atoms with van der Waals surface area (Å²) in [4.78, 5) is 0. The topological polar surface area (TPSA) is 41.5 Å². The highest BCUT2D eigenvalue weighted by Gasteiger charge is 2.27. The third kappa shape index (κ3) is 3.94. The molecule has 2 N–H and O–H groups in total. The van der Waals surface area contributed by atoms with E-state index in [4.69, 9.17) is 4.74 Å². The Morgan fingerprint density at radius 2 is 1.76 bits per heavy atom. The summed E-state index contributed by atoms with van der Waals surface area (Å²) in [5.74, 6) is 0.618. The summed E-state index contributed by atoms with van der Waals surface area (Å²) in [5.41, 5.74) is 0. The van der Waals surface area contributed by atoms with Gasteiger partial charge in [-0.05, 0) is 44.4 Å². The number of hydrogen-bond donors (Lipinski definition) is 2. The third-order valence-electron chi connectivity index (χ3n) is 4.23. The Kier molecular flexibility index (Phi) is 4.83. The molecule has 1 saturated heterocycles. The van der Waals surface area contributed by atoms with Crippen LogP contribution >= 0.6 is 0 Å². The molecule has 17 heavy (non-hydrogen) atoms. The molecule has 1 heterocycles. The molecule has 2 unspecified atom stereocenters. The zero-order valence-electron chi connectivity index (χ0n) is 11.2. The van der Waals surface area contributed by atoms with Crippen molar-refractivity contribution < 1.29 is 9.84 Å². The second kappa shape index (κ2) is 6.17. The van der Waals surface area contributed by atoms with E-state index in [2.05, 4.69) is 19.2 Å². The highest BCUT2D eigenvalue weighted by atomic mass is 16.5. The molecule has 1 aliphatic heterocycles. The van der Waals surface area contributed by atoms with Crippen LogP contribution < -0.4 is 5.32 Å². The number of aliphatic hydroxyl groups excluding tert-OH is 1. The van der Waals surface area contributed by atoms with Crippen molar-refractivity contribution in [3.8, 4) is 0 Å². The quantitative estimate of drug-likeness (QED) is 0.795. The van der Waals surface area contributed by atoms with Gasteiger partial charge in [0.15, 0.2) is 0 Å². The van der Waals surface area contributed by atoms with Crippen molar-refractivity contribution in [3.63, 3.8) is 0 Å². The lowest BCUT2D eigenvalue weighted by Crippen LogP contribution is -2.46. The number of aliphatic hydroxyl groups is 1. The van der Waals surface area contributed by atoms with Gasteiger partial charge in [0.05, 0.1) is 12.2 Å². The first kappa shape index (κ1) is 13.3. The van der Waals surface area contributed by atoms with Crippen LogP contribution in [0.5, 0.6) is 0 Å². The Morgan fingerprint density at radius 3 is 2.41 bits per heavy atom. The van der Waals surface area contributed by atoms with E-state index in [-0.39, 0.29) is 6.10 Å². The highest BCUT2D eigenvalue weighted by Crippen LogP contribution is 2.23. The summed E-state index contributed by atoms with van der Waals surface area (Å²) in [6.07, 6.45) is 6.86. The first-order valence-electron chi connectivity index (χ1n) is 7.21. The minimum Gasteiger partial charge on any atom is -0.393 e. The Morgan fingerprint density at radius 1 is 1.06 bits per heavy atom. The summed E-state index contributed by atoms with van der Waals surface area (Å²) in [7, 11) is 0. The van der Waals surface area contributed by atoms with Gasteiger partial charge in [0.25, 0.3) is 0 Å². The monoisotopic (exact) mass is 241 g/mol. The van der Waals surface area contributed by atoms with E-state index in [1.54, 1.807) is 0 Å². The second-order valence-corrected chi connectivity index (χ2v) is 6.05. The summed E-state index contributed by atoms with van der Waals surface area (Å²) in [6.45, 7) is 5.38. The molecule has 0 spiro atoms. The van der Waals surface area contributed by atoms with Gasteiger partial charge in [0.2, 0.25) is 0 Å². The number of ether oxygens (including phenoxy) is 1. The number of rotatable bonds is 3. The lowest BCUT2D eigenvalue weighted by molar-refractivity contribution is -0.0273. The Balaban J connectivity index is 1.75. The van der Waals surface area contributed by atoms with Gasteiger partial charge in [-0.3, -0.25) is 0 Å². The van der Waals surface area contributed by atoms with Gasteiger partial charge in [-0.15, -0.1) is 0 Å². The Bertz CT molecular complexity index is 224. The van der Waals surface area contributed by atoms with Gasteiger partial charge in [-0.25, -0.2) is 0 Å². The fourth-order valence-electron chi connectivity index (χ4n) is 3.02. The summed E-state index contributed by atoms with van der Waals surface area (Å²) >= 11 is 0. The van der Waals surface area contributed by atoms with Crippen molar-refractivity contribution >= 4 is 0 Å². The molecule has 2 rings (SSSR count). The van der Waals surface area contributed by atoms with Crippen molar-refractivity contribution in [1.82, 2.24) is 5.32 Å². The molecule has 100 valence electrons. The van der Waals surface area contributed by atoms with Gasteiger partial charge in [-0.2, -0.15) is 0 Å². The summed E-state index contributed by atoms with van der Waals surface area (Å²) < 4.78 is 5.80. The van der Waals surface area contributed by atoms with E-state index >= 15 is 0 Å². The van der Waals surface area contributed by atoms with Crippen molar-refractivity contribution in [2.45, 2.75) is 76.7 Å². The maximum absolute atomic E-state index is 9.50. The first-order valence-corrected chi connectivity index (χ1v) is 7.21. The number of nitrogens with one attached hydrogen (secondary N) is 1. The second-order valence-electron chi connectivity index (χ2n) is 6.05. The van der Waals surface area contributed by atoms with E-state index in [0.29, 0.717) is 24.1 Å². The molecule has 0 aromatic carbocycles. The van der Waals surface area contributed by atoms with Gasteiger partial charge in [0.1, 0.15) is 0 Å². The van der Waals surface area contributed by atoms with Crippen LogP contribution in [0, 0.1) is 5.92 Å². The first-order chi connectivity index (χ1) is 8.15. The Labute approximate surface area is 105 Å². The maximum atomic E-state index is 9.50. The van der Waals surface area contributed by atoms with Gasteiger partial charge in [0, 0.05) is 18.7 Å². The van der Waals surface area contributed by atoms with E-state index in [9.17, 15) is 5.11 Å². The van der Waals surface area contributed by atoms with E-state index in [1.807, 2.05) is 0 Å². The van der Waals surface area contributed by atoms with Crippen LogP contribution in [0.15, 0.2) is 0 Å². The lowest BCUT2D eigenvalue weighted by Gasteiger charge is -2.36. The molecule has 0 aromatic rings. The average Bonchev–Trinajstić information content (AvgIpc) is 2.32. The lowest BCUT2D eigenvalue weighted by atomic mass is 9.90. The normalized spacial score (nSPS) is 39.5. The van der Waals surface area contributed by atoms with Crippen LogP contribution in [0.3, 0.4) is 0 Å². The molecule has 0 amide bonds. The van der Waals surface area contributed by atoms with Gasteiger partial charge >= 0.3 is 0 Å². The van der Waals surface area contributed by atoms with Crippen LogP contribution in [-0.2, 0) is 4.74 Å². The molecule has 0 bridgehead atoms. The summed E-state index contributed by atoms with van der Waals surface area (Å²) in [6, 6.07) is 1.24. The Hall–Kier alpha value is -0.120. The standard InChI is InChI=1S/C14H27NO2/c1-10(2)14-9-12(7-8-17-14)15-11-3-5-13(16)6-4-11/h10-16H,3-9H2,1-2H3. The van der Waals surface area contributed by atoms with E-state index in [0.717, 1.165) is 45.1 Å². The van der Waals surface area contributed by atoms with Gasteiger partial charge < -0.3 is 15.2 Å². The predicted molar refractivity (Wildman–Crippen MR) is 69.0 cm³/mol. The van der Waals surface area contributed by atoms with Crippen molar-refractivity contribution in [2.24, 2.45) is 5.92 Å². The fraction of sp³-hybridized carbons (Fsp3) is 1.00. The van der Waals surface area contributed by atoms with Crippen molar-refractivity contribution in [2.75, 3.05) is 6.61 Å². The van der Waals surface area contributed by atoms with Crippen LogP contribution in [0.2, 0.25) is 0 Å². The van der Waals surface area contributed by atoms with Crippen LogP contribution in [0.1, 0.15) is 52.4 Å². The molecule has 3 nitrogen and oxygen atoms in total. The molecule has 1 saturated carbocycles. The van der Waals surface area contributed by atoms with E-state index in [1.165, 1.54) is 0 Å². The molecule has 3 heteroatoms. The molecule has 1 aliphatic carbocycles. The third-order valence-corrected chi connectivity index (χ3v) is 4.23. The zero-order valence-corrected chi connectivity index (χ0v) is 11.2. The number of hydrogen-bond acceptors (Lipinski definition) is 3. The van der Waals surface area contributed by atoms with Crippen LogP contribution in [0.25, 0.3) is 0 Å². The smallest absolute Gasteiger partial charge is 0.0612 e. The SMILES string of the molecule is CC(C)C1CC(NC2CCC(O)CC2)CCO1. The molecular formula is C14H27NO2. The molecule has 0 aromatic heterocycles. The molecule has 2 aliphatic rings. The fourth-order valence-corrected chi connectivity index (χ4v) is 3.02. The van der Waals surface area contributed by atoms with Gasteiger partial charge in [-0.1, -0.05) is 13.8 Å². The zero-order chi connectivity index (χ0) is 12.3. The minimum absolute atomic E-state index is 0.0499.